The van der Waals surface area contributed by atoms with E-state index in [0.29, 0.717) is 0 Å². The van der Waals surface area contributed by atoms with Gasteiger partial charge >= 0.3 is 0 Å². The summed E-state index contributed by atoms with van der Waals surface area (Å²) < 4.78 is 0. The molecule has 23 heavy (non-hydrogen) atoms. The molecule has 2 aliphatic heterocycles. The molecule has 2 heteroatoms. The summed E-state index contributed by atoms with van der Waals surface area (Å²) in [5, 5.41) is 2.16. The molecular formula is C21H50S2. The van der Waals surface area contributed by atoms with Crippen molar-refractivity contribution >= 4 is 41.9 Å². The van der Waals surface area contributed by atoms with Gasteiger partial charge in [0.2, 0.25) is 0 Å². The summed E-state index contributed by atoms with van der Waals surface area (Å²) >= 11 is 0. The van der Waals surface area contributed by atoms with Crippen LogP contribution in [-0.2, 0) is 0 Å². The second-order valence-electron chi connectivity index (χ2n) is 4.32. The van der Waals surface area contributed by atoms with Crippen LogP contribution in [0, 0.1) is 0 Å². The molecule has 0 aromatic heterocycles. The van der Waals surface area contributed by atoms with E-state index in [1.807, 2.05) is 55.4 Å². The largest absolute Gasteiger partial charge is 0.214 e. The molecule has 0 unspecified atom stereocenters. The topological polar surface area (TPSA) is 0 Å². The van der Waals surface area contributed by atoms with Crippen LogP contribution in [-0.4, -0.2) is 40.7 Å². The molecule has 0 saturated carbocycles. The lowest BCUT2D eigenvalue weighted by Gasteiger charge is -1.98. The first-order valence-corrected chi connectivity index (χ1v) is 13.5. The first kappa shape index (κ1) is 34.3. The molecule has 0 aromatic carbocycles. The summed E-state index contributed by atoms with van der Waals surface area (Å²) in [7, 11) is -1.27. The van der Waals surface area contributed by atoms with Gasteiger partial charge in [0.1, 0.15) is 0 Å². The van der Waals surface area contributed by atoms with Crippen LogP contribution in [0.4, 0.5) is 0 Å². The number of rotatable bonds is 0. The summed E-state index contributed by atoms with van der Waals surface area (Å²) in [6, 6.07) is 0. The number of allylic oxidation sites excluding steroid dienone is 1. The zero-order valence-electron chi connectivity index (χ0n) is 17.0. The number of hydrogen-bond acceptors (Lipinski definition) is 0. The van der Waals surface area contributed by atoms with Crippen molar-refractivity contribution in [2.24, 2.45) is 0 Å². The molecule has 0 spiro atoms. The minimum atomic E-state index is -0.727. The van der Waals surface area contributed by atoms with Crippen LogP contribution in [0.5, 0.6) is 0 Å². The molecule has 2 heterocycles. The summed E-state index contributed by atoms with van der Waals surface area (Å²) in [5.41, 5.74) is 0. The Morgan fingerprint density at radius 2 is 1.00 bits per heavy atom. The van der Waals surface area contributed by atoms with Crippen LogP contribution >= 0.6 is 18.4 Å². The monoisotopic (exact) mass is 366 g/mol. The predicted molar refractivity (Wildman–Crippen MR) is 133 cm³/mol. The molecule has 0 bridgehead atoms. The van der Waals surface area contributed by atoms with Crippen LogP contribution < -0.4 is 0 Å². The Morgan fingerprint density at radius 3 is 1.09 bits per heavy atom. The average molecular weight is 367 g/mol. The van der Waals surface area contributed by atoms with Crippen LogP contribution in [0.3, 0.4) is 0 Å². The Hall–Kier alpha value is -0.0800. The Balaban J connectivity index is -0.0000000639. The molecule has 0 radical (unpaired) electrons. The van der Waals surface area contributed by atoms with Gasteiger partial charge in [0.25, 0.3) is 0 Å². The maximum absolute atomic E-state index is 4.04. The van der Waals surface area contributed by atoms with Gasteiger partial charge in [0.15, 0.2) is 0 Å². The number of hydrogen-bond donors (Lipinski definition) is 0. The zero-order valence-corrected chi connectivity index (χ0v) is 18.7. The van der Waals surface area contributed by atoms with E-state index in [-0.39, 0.29) is 7.43 Å². The lowest BCUT2D eigenvalue weighted by atomic mass is 10.4. The maximum atomic E-state index is 4.04. The van der Waals surface area contributed by atoms with E-state index < -0.39 is 18.4 Å². The molecule has 0 aliphatic carbocycles. The Kier molecular flexibility index (Phi) is 36.0. The first-order valence-electron chi connectivity index (χ1n) is 9.00. The fourth-order valence-corrected chi connectivity index (χ4v) is 4.68. The van der Waals surface area contributed by atoms with Crippen molar-refractivity contribution in [3.8, 4) is 0 Å². The smallest absolute Gasteiger partial charge is 0.00994 e. The van der Waals surface area contributed by atoms with Gasteiger partial charge in [-0.1, -0.05) is 92.4 Å². The summed E-state index contributed by atoms with van der Waals surface area (Å²) in [4.78, 5) is 0. The van der Waals surface area contributed by atoms with Gasteiger partial charge in [0.05, 0.1) is 0 Å². The second kappa shape index (κ2) is 24.2. The van der Waals surface area contributed by atoms with Crippen molar-refractivity contribution in [2.75, 3.05) is 17.3 Å². The molecule has 1 fully saturated rings. The van der Waals surface area contributed by atoms with E-state index in [0.717, 1.165) is 0 Å². The maximum Gasteiger partial charge on any atom is -0.00994 e. The predicted octanol–water partition coefficient (Wildman–Crippen LogP) is 7.76. The highest BCUT2D eigenvalue weighted by Crippen LogP contribution is 2.29. The quantitative estimate of drug-likeness (QED) is 0.384. The van der Waals surface area contributed by atoms with Crippen molar-refractivity contribution in [3.05, 3.63) is 11.5 Å². The van der Waals surface area contributed by atoms with Gasteiger partial charge in [-0.05, 0) is 41.9 Å². The van der Waals surface area contributed by atoms with Gasteiger partial charge in [-0.15, -0.1) is 0 Å². The SMILES string of the molecule is C.C=S1(=C)C=CCC1.C=S1(=C)CCCC1.CC.CC.CC.CC. The molecule has 0 aromatic rings. The highest BCUT2D eigenvalue weighted by atomic mass is 32.2. The molecule has 0 amide bonds. The van der Waals surface area contributed by atoms with E-state index >= 15 is 0 Å². The van der Waals surface area contributed by atoms with Crippen molar-refractivity contribution in [3.63, 3.8) is 0 Å². The van der Waals surface area contributed by atoms with E-state index in [4.69, 9.17) is 0 Å². The van der Waals surface area contributed by atoms with Crippen LogP contribution in [0.25, 0.3) is 0 Å². The summed E-state index contributed by atoms with van der Waals surface area (Å²) in [5.74, 6) is 19.8. The summed E-state index contributed by atoms with van der Waals surface area (Å²) in [6.07, 6.45) is 6.13. The Bertz CT molecular complexity index is 381. The molecule has 0 atom stereocenters. The van der Waals surface area contributed by atoms with Crippen LogP contribution in [0.15, 0.2) is 11.5 Å². The Morgan fingerprint density at radius 1 is 0.652 bits per heavy atom. The third kappa shape index (κ3) is 27.1. The normalized spacial score (nSPS) is 17.4. The average Bonchev–Trinajstić information content (AvgIpc) is 3.15. The Labute approximate surface area is 152 Å². The van der Waals surface area contributed by atoms with Crippen molar-refractivity contribution in [1.82, 2.24) is 0 Å². The third-order valence-electron chi connectivity index (χ3n) is 2.48. The zero-order chi connectivity index (χ0) is 18.7. The standard InChI is InChI=1S/C6H12S.C6H10S.4C2H6.CH4/c2*1-7(2)5-3-4-6-7;4*1-2;/h1-6H2;3,5H,1-2,4,6H2;4*1-2H3;1H4. The van der Waals surface area contributed by atoms with Gasteiger partial charge in [-0.2, -0.15) is 9.21 Å². The fraction of sp³-hybridized carbons (Fsp3) is 0.714. The lowest BCUT2D eigenvalue weighted by Crippen LogP contribution is -1.73. The van der Waals surface area contributed by atoms with Crippen LogP contribution in [0.2, 0.25) is 0 Å². The van der Waals surface area contributed by atoms with Crippen molar-refractivity contribution in [1.29, 1.82) is 0 Å². The first-order chi connectivity index (χ1) is 10.4. The fourth-order valence-electron chi connectivity index (χ4n) is 1.56. The highest BCUT2D eigenvalue weighted by molar-refractivity contribution is 8.30. The van der Waals surface area contributed by atoms with Gasteiger partial charge in [0, 0.05) is 0 Å². The van der Waals surface area contributed by atoms with E-state index in [2.05, 4.69) is 35.0 Å². The highest BCUT2D eigenvalue weighted by Gasteiger charge is 2.04. The van der Waals surface area contributed by atoms with Crippen molar-refractivity contribution < 1.29 is 0 Å². The molecular weight excluding hydrogens is 316 g/mol. The third-order valence-corrected chi connectivity index (χ3v) is 6.61. The minimum Gasteiger partial charge on any atom is -0.214 e. The van der Waals surface area contributed by atoms with Gasteiger partial charge in [-0.3, -0.25) is 0 Å². The summed E-state index contributed by atoms with van der Waals surface area (Å²) in [6.45, 7) is 16.0. The lowest BCUT2D eigenvalue weighted by molar-refractivity contribution is 0.949. The van der Waals surface area contributed by atoms with E-state index in [1.165, 1.54) is 36.5 Å². The van der Waals surface area contributed by atoms with E-state index in [9.17, 15) is 0 Å². The van der Waals surface area contributed by atoms with Gasteiger partial charge in [-0.25, -0.2) is 9.21 Å². The molecule has 0 N–H and O–H groups in total. The molecule has 146 valence electrons. The van der Waals surface area contributed by atoms with Crippen LogP contribution in [0.1, 0.15) is 82.1 Å². The molecule has 2 aliphatic rings. The minimum absolute atomic E-state index is 0. The van der Waals surface area contributed by atoms with E-state index in [1.54, 1.807) is 0 Å². The van der Waals surface area contributed by atoms with Crippen molar-refractivity contribution in [2.45, 2.75) is 82.1 Å². The molecule has 2 rings (SSSR count). The molecule has 1 saturated heterocycles. The second-order valence-corrected chi connectivity index (χ2v) is 10.5. The van der Waals surface area contributed by atoms with Gasteiger partial charge < -0.3 is 0 Å². The molecule has 0 nitrogen and oxygen atoms in total.